The zero-order valence-electron chi connectivity index (χ0n) is 19.3. The number of nitrogens with one attached hydrogen (secondary N) is 1. The lowest BCUT2D eigenvalue weighted by molar-refractivity contribution is 0.354. The minimum absolute atomic E-state index is 0.0565. The molecule has 0 unspecified atom stereocenters. The summed E-state index contributed by atoms with van der Waals surface area (Å²) in [5.74, 6) is 3.34. The van der Waals surface area contributed by atoms with E-state index in [-0.39, 0.29) is 12.0 Å². The van der Waals surface area contributed by atoms with Crippen LogP contribution < -0.4 is 14.8 Å². The molecule has 4 aromatic rings. The van der Waals surface area contributed by atoms with Crippen LogP contribution in [0, 0.1) is 6.92 Å². The number of aryl methyl sites for hydroxylation is 1. The summed E-state index contributed by atoms with van der Waals surface area (Å²) in [5.41, 5.74) is 3.88. The van der Waals surface area contributed by atoms with Crippen LogP contribution in [0.25, 0.3) is 22.3 Å². The molecule has 0 saturated carbocycles. The molecule has 0 spiro atoms. The fourth-order valence-corrected chi connectivity index (χ4v) is 3.62. The van der Waals surface area contributed by atoms with Crippen molar-refractivity contribution >= 4 is 16.7 Å². The molecule has 32 heavy (non-hydrogen) atoms. The van der Waals surface area contributed by atoms with Crippen molar-refractivity contribution in [3.05, 3.63) is 59.5 Å². The lowest BCUT2D eigenvalue weighted by Gasteiger charge is -2.19. The minimum Gasteiger partial charge on any atom is -0.493 e. The van der Waals surface area contributed by atoms with Gasteiger partial charge in [-0.05, 0) is 43.2 Å². The molecule has 1 N–H and O–H groups in total. The highest BCUT2D eigenvalue weighted by Crippen LogP contribution is 2.34. The summed E-state index contributed by atoms with van der Waals surface area (Å²) < 4.78 is 16.3. The van der Waals surface area contributed by atoms with Gasteiger partial charge in [0.05, 0.1) is 31.3 Å². The van der Waals surface area contributed by atoms with Crippen molar-refractivity contribution in [2.45, 2.75) is 39.7 Å². The van der Waals surface area contributed by atoms with Gasteiger partial charge in [-0.1, -0.05) is 43.3 Å². The summed E-state index contributed by atoms with van der Waals surface area (Å²) in [6.45, 7) is 8.18. The third kappa shape index (κ3) is 4.10. The van der Waals surface area contributed by atoms with E-state index in [2.05, 4.69) is 41.4 Å². The number of benzene rings is 2. The standard InChI is InChI=1S/C25H28N4O3/c1-14(2)25-28-24(29-32-25)19-12-18-9-7-8-15(3)22(18)27-23(19)26-16(4)17-10-11-20(30-5)21(13-17)31-6/h7-14,16H,1-6H3,(H,26,27)/t16-/m0/s1. The fraction of sp³-hybridized carbons (Fsp3) is 0.320. The first kappa shape index (κ1) is 21.6. The van der Waals surface area contributed by atoms with Crippen molar-refractivity contribution < 1.29 is 14.0 Å². The van der Waals surface area contributed by atoms with Crippen LogP contribution in [-0.2, 0) is 0 Å². The Labute approximate surface area is 187 Å². The normalized spacial score (nSPS) is 12.2. The monoisotopic (exact) mass is 432 g/mol. The van der Waals surface area contributed by atoms with Gasteiger partial charge in [0, 0.05) is 11.3 Å². The van der Waals surface area contributed by atoms with Gasteiger partial charge in [0.15, 0.2) is 11.5 Å². The average Bonchev–Trinajstić information content (AvgIpc) is 3.29. The Morgan fingerprint density at radius 3 is 2.41 bits per heavy atom. The lowest BCUT2D eigenvalue weighted by atomic mass is 10.1. The molecule has 1 atom stereocenters. The number of hydrogen-bond donors (Lipinski definition) is 1. The maximum absolute atomic E-state index is 5.47. The number of hydrogen-bond acceptors (Lipinski definition) is 7. The zero-order valence-corrected chi connectivity index (χ0v) is 19.3. The maximum atomic E-state index is 5.47. The predicted molar refractivity (Wildman–Crippen MR) is 125 cm³/mol. The number of ether oxygens (including phenoxy) is 2. The van der Waals surface area contributed by atoms with Gasteiger partial charge < -0.3 is 19.3 Å². The predicted octanol–water partition coefficient (Wildman–Crippen LogP) is 5.91. The molecule has 0 saturated heterocycles. The molecule has 2 aromatic carbocycles. The second kappa shape index (κ2) is 8.86. The maximum Gasteiger partial charge on any atom is 0.229 e. The summed E-state index contributed by atoms with van der Waals surface area (Å²) >= 11 is 0. The van der Waals surface area contributed by atoms with Crippen molar-refractivity contribution in [2.24, 2.45) is 0 Å². The summed E-state index contributed by atoms with van der Waals surface area (Å²) in [5, 5.41) is 8.80. The van der Waals surface area contributed by atoms with Crippen LogP contribution in [0.3, 0.4) is 0 Å². The molecule has 0 bridgehead atoms. The molecule has 166 valence electrons. The Kier molecular flexibility index (Phi) is 5.99. The summed E-state index contributed by atoms with van der Waals surface area (Å²) in [6, 6.07) is 14.0. The molecule has 0 aliphatic rings. The second-order valence-electron chi connectivity index (χ2n) is 8.12. The van der Waals surface area contributed by atoms with Gasteiger partial charge in [-0.15, -0.1) is 0 Å². The van der Waals surface area contributed by atoms with Crippen LogP contribution in [0.1, 0.15) is 49.7 Å². The highest BCUT2D eigenvalue weighted by atomic mass is 16.5. The van der Waals surface area contributed by atoms with E-state index >= 15 is 0 Å². The number of nitrogens with zero attached hydrogens (tertiary/aromatic N) is 3. The number of aromatic nitrogens is 3. The first-order valence-corrected chi connectivity index (χ1v) is 10.6. The van der Waals surface area contributed by atoms with Gasteiger partial charge in [-0.2, -0.15) is 4.98 Å². The third-order valence-electron chi connectivity index (χ3n) is 5.48. The molecule has 7 nitrogen and oxygen atoms in total. The molecule has 2 aromatic heterocycles. The Morgan fingerprint density at radius 1 is 0.938 bits per heavy atom. The van der Waals surface area contributed by atoms with E-state index in [4.69, 9.17) is 19.0 Å². The number of rotatable bonds is 7. The average molecular weight is 433 g/mol. The van der Waals surface area contributed by atoms with Crippen LogP contribution >= 0.6 is 0 Å². The van der Waals surface area contributed by atoms with Gasteiger partial charge in [-0.3, -0.25) is 0 Å². The van der Waals surface area contributed by atoms with E-state index in [1.807, 2.05) is 44.2 Å². The van der Waals surface area contributed by atoms with E-state index in [0.717, 1.165) is 27.6 Å². The molecule has 0 radical (unpaired) electrons. The van der Waals surface area contributed by atoms with Gasteiger partial charge in [0.1, 0.15) is 5.82 Å². The zero-order chi connectivity index (χ0) is 22.8. The van der Waals surface area contributed by atoms with Crippen LogP contribution in [-0.4, -0.2) is 29.3 Å². The van der Waals surface area contributed by atoms with Crippen LogP contribution in [0.5, 0.6) is 11.5 Å². The number of methoxy groups -OCH3 is 2. The Hall–Kier alpha value is -3.61. The van der Waals surface area contributed by atoms with E-state index in [0.29, 0.717) is 29.0 Å². The van der Waals surface area contributed by atoms with Crippen LogP contribution in [0.2, 0.25) is 0 Å². The topological polar surface area (TPSA) is 82.3 Å². The van der Waals surface area contributed by atoms with E-state index < -0.39 is 0 Å². The molecular formula is C25H28N4O3. The second-order valence-corrected chi connectivity index (χ2v) is 8.12. The van der Waals surface area contributed by atoms with Crippen molar-refractivity contribution in [3.8, 4) is 22.9 Å². The van der Waals surface area contributed by atoms with Gasteiger partial charge >= 0.3 is 0 Å². The summed E-state index contributed by atoms with van der Waals surface area (Å²) in [7, 11) is 3.26. The van der Waals surface area contributed by atoms with Crippen molar-refractivity contribution in [1.82, 2.24) is 15.1 Å². The van der Waals surface area contributed by atoms with Crippen LogP contribution in [0.4, 0.5) is 5.82 Å². The van der Waals surface area contributed by atoms with Gasteiger partial charge in [-0.25, -0.2) is 4.98 Å². The van der Waals surface area contributed by atoms with Crippen LogP contribution in [0.15, 0.2) is 47.0 Å². The Bertz CT molecular complexity index is 1250. The van der Waals surface area contributed by atoms with Crippen molar-refractivity contribution in [2.75, 3.05) is 19.5 Å². The summed E-state index contributed by atoms with van der Waals surface area (Å²) in [6.07, 6.45) is 0. The van der Waals surface area contributed by atoms with Gasteiger partial charge in [0.25, 0.3) is 0 Å². The molecule has 0 fully saturated rings. The van der Waals surface area contributed by atoms with Gasteiger partial charge in [0.2, 0.25) is 11.7 Å². The molecule has 0 amide bonds. The van der Waals surface area contributed by atoms with Crippen molar-refractivity contribution in [3.63, 3.8) is 0 Å². The van der Waals surface area contributed by atoms with Crippen molar-refractivity contribution in [1.29, 1.82) is 0 Å². The molecule has 7 heteroatoms. The largest absolute Gasteiger partial charge is 0.493 e. The first-order chi connectivity index (χ1) is 15.4. The Morgan fingerprint density at radius 2 is 1.72 bits per heavy atom. The number of para-hydroxylation sites is 1. The molecular weight excluding hydrogens is 404 g/mol. The molecule has 4 rings (SSSR count). The highest BCUT2D eigenvalue weighted by molar-refractivity contribution is 5.89. The molecule has 0 aliphatic heterocycles. The lowest BCUT2D eigenvalue weighted by Crippen LogP contribution is -2.10. The number of anilines is 1. The first-order valence-electron chi connectivity index (χ1n) is 10.6. The summed E-state index contributed by atoms with van der Waals surface area (Å²) in [4.78, 5) is 9.56. The quantitative estimate of drug-likeness (QED) is 0.389. The number of fused-ring (bicyclic) bond motifs is 1. The Balaban J connectivity index is 1.78. The van der Waals surface area contributed by atoms with E-state index in [9.17, 15) is 0 Å². The molecule has 2 heterocycles. The fourth-order valence-electron chi connectivity index (χ4n) is 3.62. The molecule has 0 aliphatic carbocycles. The van der Waals surface area contributed by atoms with E-state index in [1.165, 1.54) is 0 Å². The highest BCUT2D eigenvalue weighted by Gasteiger charge is 2.19. The van der Waals surface area contributed by atoms with E-state index in [1.54, 1.807) is 14.2 Å². The minimum atomic E-state index is -0.0565. The third-order valence-corrected chi connectivity index (χ3v) is 5.48. The SMILES string of the molecule is COc1ccc([C@H](C)Nc2nc3c(C)cccc3cc2-c2noc(C(C)C)n2)cc1OC. The smallest absolute Gasteiger partial charge is 0.229 e. The number of pyridine rings is 1.